The predicted octanol–water partition coefficient (Wildman–Crippen LogP) is -0.571. The van der Waals surface area contributed by atoms with E-state index in [9.17, 15) is 16.8 Å². The summed E-state index contributed by atoms with van der Waals surface area (Å²) >= 11 is 0. The number of hydrogen-bond acceptors (Lipinski definition) is 6. The Morgan fingerprint density at radius 3 is 2.09 bits per heavy atom. The van der Waals surface area contributed by atoms with Gasteiger partial charge < -0.3 is 9.47 Å². The molecule has 0 aromatic rings. The first-order valence-electron chi connectivity index (χ1n) is 7.27. The van der Waals surface area contributed by atoms with Crippen molar-refractivity contribution < 1.29 is 26.3 Å². The topological polar surface area (TPSA) is 111 Å². The summed E-state index contributed by atoms with van der Waals surface area (Å²) in [6, 6.07) is -0.805. The molecule has 0 aromatic heterocycles. The molecular formula is C12H26N2O6S2. The Morgan fingerprint density at radius 1 is 0.955 bits per heavy atom. The number of hydrogen-bond donors (Lipinski definition) is 2. The van der Waals surface area contributed by atoms with Crippen LogP contribution in [0.15, 0.2) is 0 Å². The fraction of sp³-hybridized carbons (Fsp3) is 1.00. The van der Waals surface area contributed by atoms with Gasteiger partial charge in [-0.25, -0.2) is 26.3 Å². The van der Waals surface area contributed by atoms with Crippen molar-refractivity contribution in [2.24, 2.45) is 0 Å². The molecule has 2 atom stereocenters. The van der Waals surface area contributed by atoms with E-state index in [-0.39, 0.29) is 12.4 Å². The monoisotopic (exact) mass is 358 g/mol. The second-order valence-corrected chi connectivity index (χ2v) is 9.08. The van der Waals surface area contributed by atoms with E-state index in [1.54, 1.807) is 7.11 Å². The zero-order chi connectivity index (χ0) is 16.6. The molecule has 132 valence electrons. The lowest BCUT2D eigenvalue weighted by Gasteiger charge is -2.31. The highest BCUT2D eigenvalue weighted by Crippen LogP contribution is 2.20. The Kier molecular flexibility index (Phi) is 8.22. The Balaban J connectivity index is 2.50. The molecule has 0 saturated heterocycles. The van der Waals surface area contributed by atoms with Crippen molar-refractivity contribution >= 4 is 20.0 Å². The average molecular weight is 358 g/mol. The van der Waals surface area contributed by atoms with Crippen LogP contribution >= 0.6 is 0 Å². The van der Waals surface area contributed by atoms with Crippen molar-refractivity contribution in [2.75, 3.05) is 38.9 Å². The van der Waals surface area contributed by atoms with Crippen LogP contribution in [0.1, 0.15) is 25.7 Å². The fourth-order valence-corrected chi connectivity index (χ4v) is 4.42. The van der Waals surface area contributed by atoms with Gasteiger partial charge in [0.1, 0.15) is 0 Å². The van der Waals surface area contributed by atoms with Crippen LogP contribution in [0, 0.1) is 0 Å². The second-order valence-electron chi connectivity index (χ2n) is 5.43. The highest BCUT2D eigenvalue weighted by Gasteiger charge is 2.30. The van der Waals surface area contributed by atoms with E-state index in [4.69, 9.17) is 9.47 Å². The molecule has 0 unspecified atom stereocenters. The summed E-state index contributed by atoms with van der Waals surface area (Å²) in [7, 11) is -5.33. The quantitative estimate of drug-likeness (QED) is 0.506. The van der Waals surface area contributed by atoms with Crippen LogP contribution in [-0.2, 0) is 29.5 Å². The lowest BCUT2D eigenvalue weighted by molar-refractivity contribution is 0.0784. The van der Waals surface area contributed by atoms with E-state index >= 15 is 0 Å². The van der Waals surface area contributed by atoms with Gasteiger partial charge in [0.15, 0.2) is 0 Å². The third kappa shape index (κ3) is 8.39. The van der Waals surface area contributed by atoms with Crippen LogP contribution in [-0.4, -0.2) is 67.9 Å². The summed E-state index contributed by atoms with van der Waals surface area (Å²) in [6.45, 7) is 0.833. The molecule has 10 heteroatoms. The average Bonchev–Trinajstić information content (AvgIpc) is 2.39. The van der Waals surface area contributed by atoms with Gasteiger partial charge in [-0.3, -0.25) is 0 Å². The number of rotatable bonds is 10. The number of ether oxygens (including phenoxy) is 2. The highest BCUT2D eigenvalue weighted by atomic mass is 32.2. The molecule has 2 N–H and O–H groups in total. The van der Waals surface area contributed by atoms with Crippen molar-refractivity contribution in [1.29, 1.82) is 0 Å². The van der Waals surface area contributed by atoms with Crippen LogP contribution in [0.3, 0.4) is 0 Å². The van der Waals surface area contributed by atoms with Gasteiger partial charge in [-0.1, -0.05) is 12.8 Å². The standard InChI is InChI=1S/C12H26N2O6S2/c1-19-7-8-20-9-10-22(17,18)14-12-6-4-3-5-11(12)13-21(2,15)16/h11-14H,3-10H2,1-2H3/t11-,12-/m0/s1. The SMILES string of the molecule is COCCOCCS(=O)(=O)N[C@H]1CCCC[C@@H]1NS(C)(=O)=O. The van der Waals surface area contributed by atoms with Crippen molar-refractivity contribution in [1.82, 2.24) is 9.44 Å². The molecule has 0 bridgehead atoms. The molecule has 1 aliphatic rings. The molecule has 0 heterocycles. The van der Waals surface area contributed by atoms with E-state index in [2.05, 4.69) is 9.44 Å². The maximum atomic E-state index is 12.0. The van der Waals surface area contributed by atoms with Gasteiger partial charge in [0.05, 0.1) is 31.8 Å². The van der Waals surface area contributed by atoms with Gasteiger partial charge in [-0.15, -0.1) is 0 Å². The predicted molar refractivity (Wildman–Crippen MR) is 83.6 cm³/mol. The van der Waals surface area contributed by atoms with E-state index in [1.807, 2.05) is 0 Å². The Hall–Kier alpha value is -0.260. The van der Waals surface area contributed by atoms with Crippen molar-refractivity contribution in [3.05, 3.63) is 0 Å². The largest absolute Gasteiger partial charge is 0.382 e. The Morgan fingerprint density at radius 2 is 1.55 bits per heavy atom. The van der Waals surface area contributed by atoms with Crippen molar-refractivity contribution in [3.63, 3.8) is 0 Å². The second kappa shape index (κ2) is 9.14. The fourth-order valence-electron chi connectivity index (χ4n) is 2.39. The first-order valence-corrected chi connectivity index (χ1v) is 10.8. The molecule has 22 heavy (non-hydrogen) atoms. The molecule has 1 aliphatic carbocycles. The maximum Gasteiger partial charge on any atom is 0.214 e. The summed E-state index contributed by atoms with van der Waals surface area (Å²) in [5, 5.41) is 0. The lowest BCUT2D eigenvalue weighted by Crippen LogP contribution is -2.53. The summed E-state index contributed by atoms with van der Waals surface area (Å²) in [5.74, 6) is -0.154. The van der Waals surface area contributed by atoms with Crippen molar-refractivity contribution in [3.8, 4) is 0 Å². The molecule has 0 spiro atoms. The minimum atomic E-state index is -3.51. The molecular weight excluding hydrogens is 332 g/mol. The third-order valence-corrected chi connectivity index (χ3v) is 5.49. The Bertz CT molecular complexity index is 520. The zero-order valence-electron chi connectivity index (χ0n) is 13.1. The first kappa shape index (κ1) is 19.8. The van der Waals surface area contributed by atoms with E-state index in [0.29, 0.717) is 26.1 Å². The molecule has 1 rings (SSSR count). The number of sulfonamides is 2. The summed E-state index contributed by atoms with van der Waals surface area (Å²) in [5.41, 5.74) is 0. The van der Waals surface area contributed by atoms with Crippen LogP contribution in [0.2, 0.25) is 0 Å². The van der Waals surface area contributed by atoms with Gasteiger partial charge >= 0.3 is 0 Å². The zero-order valence-corrected chi connectivity index (χ0v) is 14.7. The smallest absolute Gasteiger partial charge is 0.214 e. The van der Waals surface area contributed by atoms with E-state index in [1.165, 1.54) is 0 Å². The van der Waals surface area contributed by atoms with Crippen LogP contribution < -0.4 is 9.44 Å². The summed E-state index contributed by atoms with van der Waals surface area (Å²) in [6.07, 6.45) is 4.09. The molecule has 1 saturated carbocycles. The van der Waals surface area contributed by atoms with Gasteiger partial charge in [0.25, 0.3) is 0 Å². The van der Waals surface area contributed by atoms with Gasteiger partial charge in [-0.05, 0) is 12.8 Å². The van der Waals surface area contributed by atoms with E-state index in [0.717, 1.165) is 19.1 Å². The summed E-state index contributed by atoms with van der Waals surface area (Å²) < 4.78 is 61.9. The van der Waals surface area contributed by atoms with Crippen LogP contribution in [0.5, 0.6) is 0 Å². The van der Waals surface area contributed by atoms with Gasteiger partial charge in [-0.2, -0.15) is 0 Å². The lowest BCUT2D eigenvalue weighted by atomic mass is 9.92. The number of methoxy groups -OCH3 is 1. The molecule has 8 nitrogen and oxygen atoms in total. The van der Waals surface area contributed by atoms with Crippen LogP contribution in [0.4, 0.5) is 0 Å². The highest BCUT2D eigenvalue weighted by molar-refractivity contribution is 7.89. The summed E-state index contributed by atoms with van der Waals surface area (Å²) in [4.78, 5) is 0. The molecule has 1 fully saturated rings. The van der Waals surface area contributed by atoms with Gasteiger partial charge in [0, 0.05) is 19.2 Å². The maximum absolute atomic E-state index is 12.0. The van der Waals surface area contributed by atoms with Gasteiger partial charge in [0.2, 0.25) is 20.0 Å². The van der Waals surface area contributed by atoms with Crippen LogP contribution in [0.25, 0.3) is 0 Å². The minimum absolute atomic E-state index is 0.0790. The number of nitrogens with one attached hydrogen (secondary N) is 2. The molecule has 0 aromatic carbocycles. The van der Waals surface area contributed by atoms with E-state index < -0.39 is 32.1 Å². The molecule has 0 aliphatic heterocycles. The first-order chi connectivity index (χ1) is 10.2. The third-order valence-electron chi connectivity index (χ3n) is 3.39. The molecule has 0 radical (unpaired) electrons. The Labute approximate surface area is 133 Å². The normalized spacial score (nSPS) is 23.5. The van der Waals surface area contributed by atoms with Crippen molar-refractivity contribution in [2.45, 2.75) is 37.8 Å². The minimum Gasteiger partial charge on any atom is -0.382 e. The molecule has 0 amide bonds.